The van der Waals surface area contributed by atoms with Crippen LogP contribution in [0.5, 0.6) is 0 Å². The third kappa shape index (κ3) is 10.9. The van der Waals surface area contributed by atoms with E-state index in [2.05, 4.69) is 40.3 Å². The number of rotatable bonds is 2. The molecule has 0 aromatic rings. The van der Waals surface area contributed by atoms with E-state index in [1.807, 2.05) is 0 Å². The second-order valence-electron chi connectivity index (χ2n) is 1.03. The van der Waals surface area contributed by atoms with E-state index in [-0.39, 0.29) is 30.6 Å². The minimum absolute atomic E-state index is 0. The van der Waals surface area contributed by atoms with Crippen molar-refractivity contribution in [2.24, 2.45) is 11.5 Å². The number of nitrogens with two attached hydrogens (primary N) is 2. The van der Waals surface area contributed by atoms with Crippen molar-refractivity contribution in [3.63, 3.8) is 0 Å². The van der Waals surface area contributed by atoms with Crippen LogP contribution in [0.1, 0.15) is 0 Å². The van der Waals surface area contributed by atoms with Gasteiger partial charge in [-0.2, -0.15) is 4.94 Å². The van der Waals surface area contributed by atoms with Crippen LogP contribution in [0.25, 0.3) is 0 Å². The summed E-state index contributed by atoms with van der Waals surface area (Å²) in [6.07, 6.45) is 0. The summed E-state index contributed by atoms with van der Waals surface area (Å²) in [5, 5.41) is -0.00231. The Labute approximate surface area is 82.4 Å². The van der Waals surface area contributed by atoms with E-state index in [1.54, 1.807) is 0 Å². The summed E-state index contributed by atoms with van der Waals surface area (Å²) in [4.78, 5) is 4.32. The summed E-state index contributed by atoms with van der Waals surface area (Å²) in [7, 11) is 0. The van der Waals surface area contributed by atoms with E-state index >= 15 is 0 Å². The normalized spacial score (nSPS) is 7.20. The maximum absolute atomic E-state index is 4.95. The van der Waals surface area contributed by atoms with Crippen LogP contribution < -0.4 is 22.4 Å². The van der Waals surface area contributed by atoms with Gasteiger partial charge in [-0.05, 0) is 24.4 Å². The molecule has 0 aliphatic rings. The maximum Gasteiger partial charge on any atom is 0.189 e. The molecule has 0 saturated heterocycles. The van der Waals surface area contributed by atoms with Gasteiger partial charge in [0.15, 0.2) is 10.2 Å². The van der Waals surface area contributed by atoms with Gasteiger partial charge in [-0.15, -0.1) is 0 Å². The number of hydroxylamine groups is 2. The van der Waals surface area contributed by atoms with Gasteiger partial charge < -0.3 is 11.5 Å². The van der Waals surface area contributed by atoms with Gasteiger partial charge in [0.25, 0.3) is 0 Å². The monoisotopic (exact) mass is 272 g/mol. The molecule has 8 heteroatoms. The van der Waals surface area contributed by atoms with Crippen molar-refractivity contribution in [1.29, 1.82) is 0 Å². The van der Waals surface area contributed by atoms with Crippen molar-refractivity contribution in [2.75, 3.05) is 0 Å². The average molecular weight is 273 g/mol. The largest absolute Gasteiger partial charge is 0.375 e. The zero-order valence-corrected chi connectivity index (χ0v) is 7.88. The van der Waals surface area contributed by atoms with Crippen molar-refractivity contribution in [2.45, 2.75) is 0 Å². The molecule has 6 N–H and O–H groups in total. The Morgan fingerprint density at radius 1 is 1.10 bits per heavy atom. The first-order valence-electron chi connectivity index (χ1n) is 1.89. The summed E-state index contributed by atoms with van der Waals surface area (Å²) in [5.74, 6) is 0. The quantitative estimate of drug-likeness (QED) is 0.276. The molecule has 62 valence electrons. The molecule has 0 aliphatic carbocycles. The molecule has 10 heavy (non-hydrogen) atoms. The van der Waals surface area contributed by atoms with Crippen LogP contribution in [0, 0.1) is 0 Å². The first kappa shape index (κ1) is 12.7. The van der Waals surface area contributed by atoms with E-state index in [4.69, 9.17) is 11.5 Å². The summed E-state index contributed by atoms with van der Waals surface area (Å²) in [6, 6.07) is 0. The van der Waals surface area contributed by atoms with Gasteiger partial charge in [0.05, 0.1) is 0 Å². The molecule has 0 heterocycles. The van der Waals surface area contributed by atoms with Crippen molar-refractivity contribution in [1.82, 2.24) is 11.0 Å². The predicted molar refractivity (Wildman–Crippen MR) is 40.9 cm³/mol. The predicted octanol–water partition coefficient (Wildman–Crippen LogP) is -1.50. The second kappa shape index (κ2) is 7.11. The fourth-order valence-corrected chi connectivity index (χ4v) is 0.209. The minimum atomic E-state index is -0.00116. The molecular formula is C2H6N4OPdS2. The zero-order valence-electron chi connectivity index (χ0n) is 4.70. The van der Waals surface area contributed by atoms with E-state index in [9.17, 15) is 0 Å². The molecule has 0 spiro atoms. The van der Waals surface area contributed by atoms with E-state index in [0.29, 0.717) is 0 Å². The maximum atomic E-state index is 4.95. The van der Waals surface area contributed by atoms with Gasteiger partial charge >= 0.3 is 0 Å². The van der Waals surface area contributed by atoms with Gasteiger partial charge in [0, 0.05) is 20.4 Å². The Hall–Kier alpha value is 0.00234. The van der Waals surface area contributed by atoms with Crippen LogP contribution in [-0.2, 0) is 25.4 Å². The van der Waals surface area contributed by atoms with Gasteiger partial charge in [-0.25, -0.2) is 11.0 Å². The third-order valence-corrected chi connectivity index (χ3v) is 0.470. The molecule has 0 unspecified atom stereocenters. The topological polar surface area (TPSA) is 85.3 Å². The Bertz CT molecular complexity index is 116. The zero-order chi connectivity index (χ0) is 7.28. The first-order valence-corrected chi connectivity index (χ1v) is 2.71. The van der Waals surface area contributed by atoms with Gasteiger partial charge in [0.2, 0.25) is 0 Å². The molecule has 0 bridgehead atoms. The molecule has 5 nitrogen and oxygen atoms in total. The first-order chi connectivity index (χ1) is 4.13. The summed E-state index contributed by atoms with van der Waals surface area (Å²) in [6.45, 7) is 0. The molecule has 0 saturated carbocycles. The van der Waals surface area contributed by atoms with Gasteiger partial charge in [-0.1, -0.05) is 0 Å². The van der Waals surface area contributed by atoms with Crippen molar-refractivity contribution in [3.05, 3.63) is 0 Å². The number of hydrogen-bond donors (Lipinski definition) is 4. The Morgan fingerprint density at radius 2 is 1.40 bits per heavy atom. The molecular weight excluding hydrogens is 267 g/mol. The van der Waals surface area contributed by atoms with Crippen molar-refractivity contribution < 1.29 is 25.4 Å². The number of thiocarbonyl (C=S) groups is 2. The summed E-state index contributed by atoms with van der Waals surface area (Å²) >= 11 is 8.73. The standard InChI is InChI=1S/C2H6N4OS2.Pd/c3-1(8)5-7-6-2(4)9;/h(H3,3,5,8)(H3,4,6,9);. The molecule has 0 atom stereocenters. The van der Waals surface area contributed by atoms with E-state index in [0.717, 1.165) is 0 Å². The Morgan fingerprint density at radius 3 is 1.60 bits per heavy atom. The summed E-state index contributed by atoms with van der Waals surface area (Å²) in [5.41, 5.74) is 14.1. The van der Waals surface area contributed by atoms with E-state index in [1.165, 1.54) is 0 Å². The van der Waals surface area contributed by atoms with Crippen molar-refractivity contribution >= 4 is 34.7 Å². The molecule has 0 amide bonds. The summed E-state index contributed by atoms with van der Waals surface area (Å²) < 4.78 is 0. The molecule has 0 aromatic carbocycles. The Balaban J connectivity index is 0. The third-order valence-electron chi connectivity index (χ3n) is 0.303. The Kier molecular flexibility index (Phi) is 9.00. The van der Waals surface area contributed by atoms with Gasteiger partial charge in [0.1, 0.15) is 0 Å². The van der Waals surface area contributed by atoms with Gasteiger partial charge in [-0.3, -0.25) is 0 Å². The van der Waals surface area contributed by atoms with Crippen LogP contribution in [-0.4, -0.2) is 10.2 Å². The molecule has 0 aliphatic heterocycles. The smallest absolute Gasteiger partial charge is 0.189 e. The SMILES string of the molecule is NC(=S)NONC(N)=S.[Pd]. The van der Waals surface area contributed by atoms with Crippen LogP contribution in [0.2, 0.25) is 0 Å². The molecule has 0 rings (SSSR count). The fraction of sp³-hybridized carbons (Fsp3) is 0. The number of hydrogen-bond acceptors (Lipinski definition) is 3. The van der Waals surface area contributed by atoms with Crippen LogP contribution >= 0.6 is 24.4 Å². The minimum Gasteiger partial charge on any atom is -0.375 e. The second-order valence-corrected chi connectivity index (χ2v) is 1.91. The van der Waals surface area contributed by atoms with Crippen LogP contribution in [0.4, 0.5) is 0 Å². The van der Waals surface area contributed by atoms with Crippen LogP contribution in [0.3, 0.4) is 0 Å². The van der Waals surface area contributed by atoms with E-state index < -0.39 is 0 Å². The van der Waals surface area contributed by atoms with Crippen LogP contribution in [0.15, 0.2) is 0 Å². The number of nitrogens with one attached hydrogen (secondary N) is 2. The van der Waals surface area contributed by atoms with Crippen molar-refractivity contribution in [3.8, 4) is 0 Å². The molecule has 0 radical (unpaired) electrons. The molecule has 0 aromatic heterocycles. The molecule has 0 fully saturated rings. The average Bonchev–Trinajstić information content (AvgIpc) is 1.63. The fourth-order valence-electron chi connectivity index (χ4n) is 0.126.